The van der Waals surface area contributed by atoms with Crippen LogP contribution in [0.5, 0.6) is 0 Å². The Kier molecular flexibility index (Phi) is 4.08. The number of hydrogen-bond acceptors (Lipinski definition) is 4. The van der Waals surface area contributed by atoms with Crippen molar-refractivity contribution in [1.82, 2.24) is 15.2 Å². The van der Waals surface area contributed by atoms with Gasteiger partial charge in [0.1, 0.15) is 5.82 Å². The average Bonchev–Trinajstić information content (AvgIpc) is 3.39. The van der Waals surface area contributed by atoms with Crippen molar-refractivity contribution in [1.29, 1.82) is 0 Å². The average molecular weight is 346 g/mol. The van der Waals surface area contributed by atoms with Crippen LogP contribution >= 0.6 is 0 Å². The second-order valence-electron chi connectivity index (χ2n) is 6.49. The van der Waals surface area contributed by atoms with Gasteiger partial charge in [-0.3, -0.25) is 14.7 Å². The van der Waals surface area contributed by atoms with E-state index >= 15 is 0 Å². The fourth-order valence-electron chi connectivity index (χ4n) is 2.74. The van der Waals surface area contributed by atoms with Gasteiger partial charge in [0.05, 0.1) is 0 Å². The van der Waals surface area contributed by atoms with Crippen LogP contribution in [0.3, 0.4) is 0 Å². The highest BCUT2D eigenvalue weighted by Crippen LogP contribution is 2.38. The number of rotatable bonds is 5. The number of aromatic amines is 1. The minimum absolute atomic E-state index is 0.0262. The Morgan fingerprint density at radius 1 is 1.08 bits per heavy atom. The third-order valence-corrected chi connectivity index (χ3v) is 4.40. The molecule has 1 saturated carbocycles. The molecule has 6 nitrogen and oxygen atoms in total. The number of carbonyl (C=O) groups is 2. The molecule has 2 aromatic carbocycles. The summed E-state index contributed by atoms with van der Waals surface area (Å²) in [6.07, 6.45) is 2.32. The number of aromatic nitrogens is 3. The van der Waals surface area contributed by atoms with Crippen LogP contribution in [0.2, 0.25) is 0 Å². The third-order valence-electron chi connectivity index (χ3n) is 4.40. The van der Waals surface area contributed by atoms with Gasteiger partial charge in [0.2, 0.25) is 0 Å². The number of anilines is 1. The zero-order chi connectivity index (χ0) is 18.1. The molecule has 0 spiro atoms. The van der Waals surface area contributed by atoms with Crippen molar-refractivity contribution in [2.45, 2.75) is 25.7 Å². The van der Waals surface area contributed by atoms with Gasteiger partial charge >= 0.3 is 0 Å². The zero-order valence-corrected chi connectivity index (χ0v) is 14.3. The number of H-pyrrole nitrogens is 1. The molecule has 0 bridgehead atoms. The van der Waals surface area contributed by atoms with E-state index in [1.807, 2.05) is 24.3 Å². The summed E-state index contributed by atoms with van der Waals surface area (Å²) in [4.78, 5) is 28.3. The quantitative estimate of drug-likeness (QED) is 0.688. The second-order valence-corrected chi connectivity index (χ2v) is 6.49. The number of carbonyl (C=O) groups excluding carboxylic acids is 2. The maximum absolute atomic E-state index is 12.4. The van der Waals surface area contributed by atoms with Gasteiger partial charge in [0.25, 0.3) is 5.91 Å². The van der Waals surface area contributed by atoms with Crippen molar-refractivity contribution < 1.29 is 9.59 Å². The van der Waals surface area contributed by atoms with Crippen molar-refractivity contribution in [2.24, 2.45) is 0 Å². The van der Waals surface area contributed by atoms with Crippen molar-refractivity contribution in [3.63, 3.8) is 0 Å². The third kappa shape index (κ3) is 3.39. The van der Waals surface area contributed by atoms with Crippen LogP contribution in [-0.4, -0.2) is 26.9 Å². The molecule has 1 aliphatic carbocycles. The molecule has 1 amide bonds. The topological polar surface area (TPSA) is 87.7 Å². The molecular weight excluding hydrogens is 328 g/mol. The molecule has 1 fully saturated rings. The molecule has 0 unspecified atom stereocenters. The summed E-state index contributed by atoms with van der Waals surface area (Å²) in [5.74, 6) is 1.82. The lowest BCUT2D eigenvalue weighted by Gasteiger charge is -2.07. The van der Waals surface area contributed by atoms with E-state index in [9.17, 15) is 9.59 Å². The Balaban J connectivity index is 1.50. The van der Waals surface area contributed by atoms with Crippen molar-refractivity contribution in [2.75, 3.05) is 5.32 Å². The molecule has 1 aliphatic rings. The van der Waals surface area contributed by atoms with Crippen LogP contribution in [0.15, 0.2) is 48.5 Å². The molecule has 1 aromatic heterocycles. The molecule has 6 heteroatoms. The predicted octanol–water partition coefficient (Wildman–Crippen LogP) is 3.80. The fourth-order valence-corrected chi connectivity index (χ4v) is 2.74. The number of benzene rings is 2. The van der Waals surface area contributed by atoms with Crippen LogP contribution in [0.1, 0.15) is 52.2 Å². The Morgan fingerprint density at radius 2 is 1.81 bits per heavy atom. The highest BCUT2D eigenvalue weighted by molar-refractivity contribution is 6.05. The lowest BCUT2D eigenvalue weighted by Crippen LogP contribution is -2.12. The normalized spacial score (nSPS) is 13.4. The van der Waals surface area contributed by atoms with E-state index in [1.54, 1.807) is 24.3 Å². The molecule has 0 saturated heterocycles. The molecule has 0 aliphatic heterocycles. The maximum Gasteiger partial charge on any atom is 0.255 e. The van der Waals surface area contributed by atoms with E-state index in [0.29, 0.717) is 28.6 Å². The number of nitrogens with zero attached hydrogens (tertiary/aromatic N) is 2. The van der Waals surface area contributed by atoms with E-state index in [4.69, 9.17) is 0 Å². The predicted molar refractivity (Wildman–Crippen MR) is 98.2 cm³/mol. The molecule has 3 aromatic rings. The maximum atomic E-state index is 12.4. The van der Waals surface area contributed by atoms with Gasteiger partial charge in [0, 0.05) is 28.3 Å². The first kappa shape index (κ1) is 16.2. The first-order valence-electron chi connectivity index (χ1n) is 8.55. The smallest absolute Gasteiger partial charge is 0.255 e. The molecular formula is C20H18N4O2. The lowest BCUT2D eigenvalue weighted by atomic mass is 10.1. The summed E-state index contributed by atoms with van der Waals surface area (Å²) in [6.45, 7) is 1.50. The Labute approximate surface area is 150 Å². The summed E-state index contributed by atoms with van der Waals surface area (Å²) in [7, 11) is 0. The largest absolute Gasteiger partial charge is 0.322 e. The van der Waals surface area contributed by atoms with E-state index < -0.39 is 0 Å². The van der Waals surface area contributed by atoms with Gasteiger partial charge in [-0.2, -0.15) is 5.10 Å². The standard InChI is InChI=1S/C20H18N4O2/c1-12(25)13-5-9-15(10-6-13)20(26)21-17-4-2-3-16(11-17)19-22-18(23-24-19)14-7-8-14/h2-6,9-11,14H,7-8H2,1H3,(H,21,26)(H,22,23,24). The summed E-state index contributed by atoms with van der Waals surface area (Å²) in [6, 6.07) is 14.0. The lowest BCUT2D eigenvalue weighted by molar-refractivity contribution is 0.101. The first-order valence-corrected chi connectivity index (χ1v) is 8.55. The summed E-state index contributed by atoms with van der Waals surface area (Å²) in [5, 5.41) is 10.1. The number of hydrogen-bond donors (Lipinski definition) is 2. The van der Waals surface area contributed by atoms with Crippen LogP contribution in [-0.2, 0) is 0 Å². The van der Waals surface area contributed by atoms with Crippen molar-refractivity contribution in [3.05, 3.63) is 65.5 Å². The molecule has 26 heavy (non-hydrogen) atoms. The Hall–Kier alpha value is -3.28. The minimum Gasteiger partial charge on any atom is -0.322 e. The summed E-state index contributed by atoms with van der Waals surface area (Å²) < 4.78 is 0. The monoisotopic (exact) mass is 346 g/mol. The number of amides is 1. The van der Waals surface area contributed by atoms with E-state index in [2.05, 4.69) is 20.5 Å². The van der Waals surface area contributed by atoms with Gasteiger partial charge < -0.3 is 5.32 Å². The van der Waals surface area contributed by atoms with E-state index in [1.165, 1.54) is 6.92 Å². The first-order chi connectivity index (χ1) is 12.6. The molecule has 2 N–H and O–H groups in total. The van der Waals surface area contributed by atoms with Gasteiger partial charge in [-0.15, -0.1) is 0 Å². The van der Waals surface area contributed by atoms with Crippen LogP contribution in [0, 0.1) is 0 Å². The van der Waals surface area contributed by atoms with Crippen LogP contribution in [0.25, 0.3) is 11.4 Å². The molecule has 4 rings (SSSR count). The molecule has 0 radical (unpaired) electrons. The molecule has 1 heterocycles. The number of ketones is 1. The zero-order valence-electron chi connectivity index (χ0n) is 14.3. The highest BCUT2D eigenvalue weighted by Gasteiger charge is 2.27. The van der Waals surface area contributed by atoms with Gasteiger partial charge in [0.15, 0.2) is 11.6 Å². The fraction of sp³-hybridized carbons (Fsp3) is 0.200. The van der Waals surface area contributed by atoms with Crippen LogP contribution in [0.4, 0.5) is 5.69 Å². The van der Waals surface area contributed by atoms with Crippen molar-refractivity contribution >= 4 is 17.4 Å². The second kappa shape index (κ2) is 6.55. The van der Waals surface area contributed by atoms with Gasteiger partial charge in [-0.25, -0.2) is 4.98 Å². The van der Waals surface area contributed by atoms with E-state index in [0.717, 1.165) is 24.2 Å². The summed E-state index contributed by atoms with van der Waals surface area (Å²) in [5.41, 5.74) is 2.59. The van der Waals surface area contributed by atoms with E-state index in [-0.39, 0.29) is 11.7 Å². The van der Waals surface area contributed by atoms with Gasteiger partial charge in [-0.05, 0) is 44.0 Å². The molecule has 130 valence electrons. The SMILES string of the molecule is CC(=O)c1ccc(C(=O)Nc2cccc(-c3n[nH]c(C4CC4)n3)c2)cc1. The summed E-state index contributed by atoms with van der Waals surface area (Å²) >= 11 is 0. The minimum atomic E-state index is -0.231. The Bertz CT molecular complexity index is 971. The Morgan fingerprint density at radius 3 is 2.50 bits per heavy atom. The van der Waals surface area contributed by atoms with Gasteiger partial charge in [-0.1, -0.05) is 24.3 Å². The van der Waals surface area contributed by atoms with Crippen molar-refractivity contribution in [3.8, 4) is 11.4 Å². The highest BCUT2D eigenvalue weighted by atomic mass is 16.1. The van der Waals surface area contributed by atoms with Crippen LogP contribution < -0.4 is 5.32 Å². The number of Topliss-reactive ketones (excluding diaryl/α,β-unsaturated/α-hetero) is 1. The molecule has 0 atom stereocenters. The number of nitrogens with one attached hydrogen (secondary N) is 2.